The molecular weight excluding hydrogens is 340 g/mol. The molecule has 0 radical (unpaired) electrons. The predicted octanol–water partition coefficient (Wildman–Crippen LogP) is 2.67. The van der Waals surface area contributed by atoms with Crippen LogP contribution >= 0.6 is 0 Å². The molecule has 2 heterocycles. The molecule has 0 spiro atoms. The van der Waals surface area contributed by atoms with Crippen molar-refractivity contribution < 1.29 is 18.3 Å². The van der Waals surface area contributed by atoms with E-state index in [0.29, 0.717) is 18.0 Å². The highest BCUT2D eigenvalue weighted by Gasteiger charge is 2.53. The Kier molecular flexibility index (Phi) is 3.69. The Balaban J connectivity index is 1.73. The maximum atomic E-state index is 11.7. The molecule has 0 amide bonds. The standard InChI is InChI=1S/C18H24N2O4S/c1-10-6-11(2)18(8-21)9-24-17(16(10)12(18)3)13-4-5-14-15(7-13)20-25(22,23)19-14/h4-7,11-12,16-17,19-21H,8-9H2,1-3H3. The highest BCUT2D eigenvalue weighted by Crippen LogP contribution is 2.56. The number of allylic oxidation sites excluding steroid dienone is 1. The lowest BCUT2D eigenvalue weighted by Gasteiger charge is -2.55. The molecule has 2 bridgehead atoms. The summed E-state index contributed by atoms with van der Waals surface area (Å²) < 4.78 is 34.6. The molecule has 4 rings (SSSR count). The fourth-order valence-electron chi connectivity index (χ4n) is 4.81. The fourth-order valence-corrected chi connectivity index (χ4v) is 5.79. The van der Waals surface area contributed by atoms with Crippen molar-refractivity contribution in [1.29, 1.82) is 0 Å². The Morgan fingerprint density at radius 3 is 2.72 bits per heavy atom. The fraction of sp³-hybridized carbons (Fsp3) is 0.556. The molecule has 5 unspecified atom stereocenters. The highest BCUT2D eigenvalue weighted by molar-refractivity contribution is 7.94. The van der Waals surface area contributed by atoms with E-state index in [1.54, 1.807) is 6.07 Å². The predicted molar refractivity (Wildman–Crippen MR) is 96.4 cm³/mol. The van der Waals surface area contributed by atoms with Crippen molar-refractivity contribution in [1.82, 2.24) is 0 Å². The third-order valence-electron chi connectivity index (χ3n) is 6.40. The van der Waals surface area contributed by atoms with Gasteiger partial charge in [0, 0.05) is 11.3 Å². The topological polar surface area (TPSA) is 87.7 Å². The normalized spacial score (nSPS) is 38.3. The van der Waals surface area contributed by atoms with Crippen molar-refractivity contribution in [2.24, 2.45) is 23.2 Å². The van der Waals surface area contributed by atoms with Gasteiger partial charge < -0.3 is 9.84 Å². The Morgan fingerprint density at radius 2 is 2.00 bits per heavy atom. The molecule has 1 fully saturated rings. The van der Waals surface area contributed by atoms with E-state index in [4.69, 9.17) is 4.74 Å². The van der Waals surface area contributed by atoms with Gasteiger partial charge in [-0.2, -0.15) is 8.42 Å². The highest BCUT2D eigenvalue weighted by atomic mass is 32.2. The van der Waals surface area contributed by atoms with Crippen LogP contribution < -0.4 is 9.44 Å². The van der Waals surface area contributed by atoms with Crippen molar-refractivity contribution in [3.63, 3.8) is 0 Å². The first kappa shape index (κ1) is 16.9. The second kappa shape index (κ2) is 5.46. The van der Waals surface area contributed by atoms with Gasteiger partial charge in [0.2, 0.25) is 0 Å². The van der Waals surface area contributed by atoms with E-state index in [-0.39, 0.29) is 35.9 Å². The molecule has 1 aromatic rings. The summed E-state index contributed by atoms with van der Waals surface area (Å²) in [6.45, 7) is 7.07. The van der Waals surface area contributed by atoms with E-state index < -0.39 is 10.2 Å². The molecule has 3 aliphatic rings. The number of aliphatic hydroxyl groups is 1. The molecule has 1 saturated heterocycles. The maximum absolute atomic E-state index is 11.7. The summed E-state index contributed by atoms with van der Waals surface area (Å²) in [5.74, 6) is 0.709. The second-order valence-corrected chi connectivity index (χ2v) is 9.06. The smallest absolute Gasteiger partial charge is 0.321 e. The molecule has 136 valence electrons. The summed E-state index contributed by atoms with van der Waals surface area (Å²) in [4.78, 5) is 0. The summed E-state index contributed by atoms with van der Waals surface area (Å²) in [5.41, 5.74) is 3.09. The van der Waals surface area contributed by atoms with E-state index in [0.717, 1.165) is 5.56 Å². The monoisotopic (exact) mass is 364 g/mol. The lowest BCUT2D eigenvalue weighted by molar-refractivity contribution is -0.165. The zero-order valence-electron chi connectivity index (χ0n) is 14.6. The minimum atomic E-state index is -3.50. The van der Waals surface area contributed by atoms with Gasteiger partial charge in [-0.05, 0) is 36.5 Å². The minimum absolute atomic E-state index is 0.107. The number of nitrogens with one attached hydrogen (secondary N) is 2. The van der Waals surface area contributed by atoms with Crippen molar-refractivity contribution >= 4 is 21.6 Å². The summed E-state index contributed by atoms with van der Waals surface area (Å²) >= 11 is 0. The van der Waals surface area contributed by atoms with Crippen LogP contribution in [-0.4, -0.2) is 26.7 Å². The number of benzene rings is 1. The molecule has 0 aromatic heterocycles. The first-order valence-corrected chi connectivity index (χ1v) is 10.1. The van der Waals surface area contributed by atoms with Crippen LogP contribution in [0.2, 0.25) is 0 Å². The third kappa shape index (κ3) is 2.40. The van der Waals surface area contributed by atoms with Gasteiger partial charge in [-0.3, -0.25) is 9.44 Å². The number of aliphatic hydroxyl groups excluding tert-OH is 1. The number of hydrogen-bond donors (Lipinski definition) is 3. The van der Waals surface area contributed by atoms with Crippen molar-refractivity contribution in [2.75, 3.05) is 22.7 Å². The lowest BCUT2D eigenvalue weighted by atomic mass is 9.56. The summed E-state index contributed by atoms with van der Waals surface area (Å²) in [6.07, 6.45) is 2.11. The Morgan fingerprint density at radius 1 is 1.28 bits per heavy atom. The van der Waals surface area contributed by atoms with Crippen LogP contribution in [0.4, 0.5) is 11.4 Å². The first-order valence-electron chi connectivity index (χ1n) is 8.63. The zero-order valence-corrected chi connectivity index (χ0v) is 15.4. The van der Waals surface area contributed by atoms with E-state index in [1.165, 1.54) is 5.57 Å². The first-order chi connectivity index (χ1) is 11.8. The summed E-state index contributed by atoms with van der Waals surface area (Å²) in [6, 6.07) is 5.54. The molecule has 6 nitrogen and oxygen atoms in total. The van der Waals surface area contributed by atoms with Gasteiger partial charge in [0.15, 0.2) is 0 Å². The number of anilines is 2. The van der Waals surface area contributed by atoms with Gasteiger partial charge in [0.1, 0.15) is 0 Å². The largest absolute Gasteiger partial charge is 0.396 e. The van der Waals surface area contributed by atoms with Crippen LogP contribution in [0.1, 0.15) is 32.4 Å². The van der Waals surface area contributed by atoms with E-state index >= 15 is 0 Å². The van der Waals surface area contributed by atoms with Crippen molar-refractivity contribution in [3.8, 4) is 0 Å². The van der Waals surface area contributed by atoms with Crippen LogP contribution in [0.25, 0.3) is 0 Å². The molecule has 2 aliphatic heterocycles. The molecule has 0 saturated carbocycles. The number of fused-ring (bicyclic) bond motifs is 3. The zero-order chi connectivity index (χ0) is 18.0. The average molecular weight is 364 g/mol. The van der Waals surface area contributed by atoms with E-state index in [1.807, 2.05) is 12.1 Å². The Bertz CT molecular complexity index is 851. The van der Waals surface area contributed by atoms with Gasteiger partial charge in [-0.1, -0.05) is 31.6 Å². The molecular formula is C18H24N2O4S. The van der Waals surface area contributed by atoms with Crippen LogP contribution in [0, 0.1) is 23.2 Å². The molecule has 3 N–H and O–H groups in total. The number of ether oxygens (including phenoxy) is 1. The van der Waals surface area contributed by atoms with Gasteiger partial charge in [0.25, 0.3) is 0 Å². The van der Waals surface area contributed by atoms with Gasteiger partial charge >= 0.3 is 10.2 Å². The molecule has 25 heavy (non-hydrogen) atoms. The van der Waals surface area contributed by atoms with Gasteiger partial charge in [0.05, 0.1) is 30.7 Å². The van der Waals surface area contributed by atoms with Gasteiger partial charge in [-0.15, -0.1) is 0 Å². The number of rotatable bonds is 2. The molecule has 1 aromatic carbocycles. The molecule has 1 aliphatic carbocycles. The number of hydrogen-bond acceptors (Lipinski definition) is 4. The maximum Gasteiger partial charge on any atom is 0.321 e. The second-order valence-electron chi connectivity index (χ2n) is 7.65. The average Bonchev–Trinajstić information content (AvgIpc) is 2.85. The van der Waals surface area contributed by atoms with Crippen molar-refractivity contribution in [3.05, 3.63) is 35.4 Å². The van der Waals surface area contributed by atoms with Crippen LogP contribution in [0.15, 0.2) is 29.8 Å². The summed E-state index contributed by atoms with van der Waals surface area (Å²) in [5, 5.41) is 10.1. The third-order valence-corrected chi connectivity index (χ3v) is 7.38. The Labute approximate surface area is 148 Å². The SMILES string of the molecule is CC1=CC(C)C2(CO)COC(c3ccc4c(c3)NS(=O)(=O)N4)C1C2C. The van der Waals surface area contributed by atoms with Crippen molar-refractivity contribution in [2.45, 2.75) is 26.9 Å². The molecule has 5 atom stereocenters. The van der Waals surface area contributed by atoms with Crippen LogP contribution in [0.3, 0.4) is 0 Å². The van der Waals surface area contributed by atoms with E-state index in [2.05, 4.69) is 36.3 Å². The Hall–Kier alpha value is -1.57. The lowest BCUT2D eigenvalue weighted by Crippen LogP contribution is -2.53. The van der Waals surface area contributed by atoms with Crippen LogP contribution in [-0.2, 0) is 14.9 Å². The van der Waals surface area contributed by atoms with Crippen LogP contribution in [0.5, 0.6) is 0 Å². The van der Waals surface area contributed by atoms with Gasteiger partial charge in [-0.25, -0.2) is 0 Å². The molecule has 7 heteroatoms. The minimum Gasteiger partial charge on any atom is -0.396 e. The quantitative estimate of drug-likeness (QED) is 0.704. The summed E-state index contributed by atoms with van der Waals surface area (Å²) in [7, 11) is -3.50. The van der Waals surface area contributed by atoms with E-state index in [9.17, 15) is 13.5 Å².